The van der Waals surface area contributed by atoms with Crippen LogP contribution in [-0.4, -0.2) is 40.1 Å². The number of nitrogens with zero attached hydrogens (tertiary/aromatic N) is 4. The topological polar surface area (TPSA) is 62.5 Å². The Morgan fingerprint density at radius 1 is 1.26 bits per heavy atom. The van der Waals surface area contributed by atoms with Crippen LogP contribution in [0.1, 0.15) is 23.3 Å². The molecule has 3 aromatic heterocycles. The Kier molecular flexibility index (Phi) is 5.74. The molecular formula is C23H25N5OS2. The number of aryl methyl sites for hydroxylation is 1. The van der Waals surface area contributed by atoms with Crippen LogP contribution < -0.4 is 10.2 Å². The highest BCUT2D eigenvalue weighted by molar-refractivity contribution is 7.20. The van der Waals surface area contributed by atoms with Crippen molar-refractivity contribution in [2.24, 2.45) is 5.92 Å². The molecular weight excluding hydrogens is 426 g/mol. The SMILES string of the molecule is Cc1ccc(-c2cn3nc(N4CCC[C@H](C(=O)NCCc5cccs5)C4)sc3n2)cc1. The summed E-state index contributed by atoms with van der Waals surface area (Å²) in [4.78, 5) is 21.9. The maximum atomic E-state index is 12.7. The van der Waals surface area contributed by atoms with E-state index in [4.69, 9.17) is 10.1 Å². The van der Waals surface area contributed by atoms with Gasteiger partial charge < -0.3 is 10.2 Å². The Hall–Kier alpha value is -2.71. The number of piperidine rings is 1. The highest BCUT2D eigenvalue weighted by Gasteiger charge is 2.27. The summed E-state index contributed by atoms with van der Waals surface area (Å²) < 4.78 is 1.86. The summed E-state index contributed by atoms with van der Waals surface area (Å²) in [6.45, 7) is 4.43. The van der Waals surface area contributed by atoms with Crippen molar-refractivity contribution in [2.75, 3.05) is 24.5 Å². The molecule has 0 bridgehead atoms. The van der Waals surface area contributed by atoms with Crippen molar-refractivity contribution in [3.63, 3.8) is 0 Å². The van der Waals surface area contributed by atoms with Gasteiger partial charge in [-0.2, -0.15) is 0 Å². The molecule has 0 spiro atoms. The molecule has 1 fully saturated rings. The number of hydrogen-bond acceptors (Lipinski definition) is 6. The number of aromatic nitrogens is 3. The summed E-state index contributed by atoms with van der Waals surface area (Å²) in [6.07, 6.45) is 4.81. The maximum absolute atomic E-state index is 12.7. The Balaban J connectivity index is 1.22. The van der Waals surface area contributed by atoms with Crippen LogP contribution in [0.15, 0.2) is 48.0 Å². The van der Waals surface area contributed by atoms with Gasteiger partial charge in [-0.25, -0.2) is 9.50 Å². The van der Waals surface area contributed by atoms with Crippen LogP contribution >= 0.6 is 22.7 Å². The molecule has 1 aromatic carbocycles. The second-order valence-corrected chi connectivity index (χ2v) is 9.98. The lowest BCUT2D eigenvalue weighted by Gasteiger charge is -2.31. The van der Waals surface area contributed by atoms with Crippen LogP contribution in [0.2, 0.25) is 0 Å². The molecule has 8 heteroatoms. The van der Waals surface area contributed by atoms with Crippen LogP contribution in [0.3, 0.4) is 0 Å². The number of anilines is 1. The molecule has 0 aliphatic carbocycles. The lowest BCUT2D eigenvalue weighted by atomic mass is 9.97. The van der Waals surface area contributed by atoms with Crippen LogP contribution in [0.5, 0.6) is 0 Å². The maximum Gasteiger partial charge on any atom is 0.224 e. The van der Waals surface area contributed by atoms with Crippen LogP contribution in [0.25, 0.3) is 16.2 Å². The minimum Gasteiger partial charge on any atom is -0.355 e. The van der Waals surface area contributed by atoms with Crippen molar-refractivity contribution >= 4 is 38.7 Å². The van der Waals surface area contributed by atoms with Crippen molar-refractivity contribution < 1.29 is 4.79 Å². The van der Waals surface area contributed by atoms with Gasteiger partial charge in [0.1, 0.15) is 0 Å². The fraction of sp³-hybridized carbons (Fsp3) is 0.348. The predicted octanol–water partition coefficient (Wildman–Crippen LogP) is 4.40. The Morgan fingerprint density at radius 3 is 2.90 bits per heavy atom. The van der Waals surface area contributed by atoms with Crippen molar-refractivity contribution in [1.82, 2.24) is 19.9 Å². The first-order valence-electron chi connectivity index (χ1n) is 10.6. The zero-order valence-electron chi connectivity index (χ0n) is 17.5. The van der Waals surface area contributed by atoms with Gasteiger partial charge >= 0.3 is 0 Å². The third-order valence-electron chi connectivity index (χ3n) is 5.69. The van der Waals surface area contributed by atoms with Gasteiger partial charge in [0.2, 0.25) is 16.0 Å². The Labute approximate surface area is 189 Å². The van der Waals surface area contributed by atoms with E-state index in [1.54, 1.807) is 22.7 Å². The van der Waals surface area contributed by atoms with E-state index >= 15 is 0 Å². The van der Waals surface area contributed by atoms with Gasteiger partial charge in [0.25, 0.3) is 0 Å². The zero-order valence-corrected chi connectivity index (χ0v) is 19.1. The van der Waals surface area contributed by atoms with E-state index < -0.39 is 0 Å². The van der Waals surface area contributed by atoms with E-state index in [1.165, 1.54) is 10.4 Å². The predicted molar refractivity (Wildman–Crippen MR) is 127 cm³/mol. The summed E-state index contributed by atoms with van der Waals surface area (Å²) in [7, 11) is 0. The average molecular weight is 452 g/mol. The monoisotopic (exact) mass is 451 g/mol. The third-order valence-corrected chi connectivity index (χ3v) is 7.61. The molecule has 160 valence electrons. The second-order valence-electron chi connectivity index (χ2n) is 8.01. The number of benzene rings is 1. The van der Waals surface area contributed by atoms with Gasteiger partial charge in [-0.3, -0.25) is 4.79 Å². The molecule has 4 heterocycles. The Bertz CT molecular complexity index is 1130. The van der Waals surface area contributed by atoms with E-state index in [0.717, 1.165) is 47.2 Å². The lowest BCUT2D eigenvalue weighted by Crippen LogP contribution is -2.43. The number of nitrogens with one attached hydrogen (secondary N) is 1. The van der Waals surface area contributed by atoms with E-state index in [9.17, 15) is 4.79 Å². The molecule has 1 aliphatic heterocycles. The molecule has 0 saturated carbocycles. The quantitative estimate of drug-likeness (QED) is 0.472. The summed E-state index contributed by atoms with van der Waals surface area (Å²) >= 11 is 3.32. The minimum absolute atomic E-state index is 0.0106. The van der Waals surface area contributed by atoms with E-state index in [-0.39, 0.29) is 11.8 Å². The lowest BCUT2D eigenvalue weighted by molar-refractivity contribution is -0.125. The zero-order chi connectivity index (χ0) is 21.2. The molecule has 0 radical (unpaired) electrons. The third kappa shape index (κ3) is 4.50. The molecule has 1 atom stereocenters. The molecule has 4 aromatic rings. The van der Waals surface area contributed by atoms with Gasteiger partial charge in [0.15, 0.2) is 0 Å². The fourth-order valence-corrected chi connectivity index (χ4v) is 5.58. The highest BCUT2D eigenvalue weighted by atomic mass is 32.1. The van der Waals surface area contributed by atoms with Gasteiger partial charge in [-0.1, -0.05) is 47.2 Å². The van der Waals surface area contributed by atoms with Crippen LogP contribution in [-0.2, 0) is 11.2 Å². The molecule has 31 heavy (non-hydrogen) atoms. The number of carbonyl (C=O) groups is 1. The highest BCUT2D eigenvalue weighted by Crippen LogP contribution is 2.30. The van der Waals surface area contributed by atoms with Crippen molar-refractivity contribution in [3.05, 3.63) is 58.4 Å². The van der Waals surface area contributed by atoms with Gasteiger partial charge in [0.05, 0.1) is 17.8 Å². The van der Waals surface area contributed by atoms with Gasteiger partial charge in [0, 0.05) is 30.1 Å². The summed E-state index contributed by atoms with van der Waals surface area (Å²) in [5, 5.41) is 10.9. The van der Waals surface area contributed by atoms with Crippen molar-refractivity contribution in [2.45, 2.75) is 26.2 Å². The van der Waals surface area contributed by atoms with Crippen LogP contribution in [0.4, 0.5) is 5.13 Å². The van der Waals surface area contributed by atoms with E-state index in [2.05, 4.69) is 58.9 Å². The molecule has 1 amide bonds. The van der Waals surface area contributed by atoms with E-state index in [0.29, 0.717) is 13.1 Å². The summed E-state index contributed by atoms with van der Waals surface area (Å²) in [6, 6.07) is 12.5. The first-order valence-corrected chi connectivity index (χ1v) is 12.3. The second kappa shape index (κ2) is 8.80. The fourth-order valence-electron chi connectivity index (χ4n) is 3.95. The van der Waals surface area contributed by atoms with Crippen LogP contribution in [0, 0.1) is 12.8 Å². The first kappa shape index (κ1) is 20.2. The molecule has 1 N–H and O–H groups in total. The minimum atomic E-state index is 0.0106. The van der Waals surface area contributed by atoms with Gasteiger partial charge in [-0.05, 0) is 37.6 Å². The number of amides is 1. The molecule has 1 aliphatic rings. The normalized spacial score (nSPS) is 16.7. The number of thiophene rings is 1. The number of hydrogen-bond donors (Lipinski definition) is 1. The van der Waals surface area contributed by atoms with Crippen molar-refractivity contribution in [3.8, 4) is 11.3 Å². The standard InChI is InChI=1S/C23H25N5OS2/c1-16-6-8-17(9-7-16)20-15-28-22(25-20)31-23(26-28)27-12-2-4-18(14-27)21(29)24-11-10-19-5-3-13-30-19/h3,5-9,13,15,18H,2,4,10-12,14H2,1H3,(H,24,29)/t18-/m0/s1. The smallest absolute Gasteiger partial charge is 0.224 e. The molecule has 5 rings (SSSR count). The van der Waals surface area contributed by atoms with E-state index in [1.807, 2.05) is 10.7 Å². The first-order chi connectivity index (χ1) is 15.2. The molecule has 1 saturated heterocycles. The van der Waals surface area contributed by atoms with Gasteiger partial charge in [-0.15, -0.1) is 16.4 Å². The largest absolute Gasteiger partial charge is 0.355 e. The summed E-state index contributed by atoms with van der Waals surface area (Å²) in [5.74, 6) is 0.167. The van der Waals surface area contributed by atoms with Crippen molar-refractivity contribution in [1.29, 1.82) is 0 Å². The average Bonchev–Trinajstić information content (AvgIpc) is 3.51. The Morgan fingerprint density at radius 2 is 2.13 bits per heavy atom. The number of rotatable bonds is 6. The number of imidazole rings is 1. The number of carbonyl (C=O) groups excluding carboxylic acids is 1. The number of fused-ring (bicyclic) bond motifs is 1. The summed E-state index contributed by atoms with van der Waals surface area (Å²) in [5.41, 5.74) is 3.27. The molecule has 6 nitrogen and oxygen atoms in total. The molecule has 0 unspecified atom stereocenters.